The van der Waals surface area contributed by atoms with E-state index in [0.717, 1.165) is 11.7 Å². The summed E-state index contributed by atoms with van der Waals surface area (Å²) in [5.74, 6) is 2.00. The third-order valence-electron chi connectivity index (χ3n) is 3.08. The summed E-state index contributed by atoms with van der Waals surface area (Å²) in [5.41, 5.74) is 0. The smallest absolute Gasteiger partial charge is 0.129 e. The maximum Gasteiger partial charge on any atom is 0.129 e. The number of ether oxygens (including phenoxy) is 1. The number of hydrogen-bond donors (Lipinski definition) is 1. The molecule has 1 N–H and O–H groups in total. The van der Waals surface area contributed by atoms with Crippen LogP contribution in [0, 0.1) is 5.92 Å². The van der Waals surface area contributed by atoms with Gasteiger partial charge in [-0.15, -0.1) is 11.3 Å². The Hall–Kier alpha value is -0.540. The molecule has 15 heavy (non-hydrogen) atoms. The molecule has 2 rings (SSSR count). The van der Waals surface area contributed by atoms with Gasteiger partial charge in [-0.25, -0.2) is 0 Å². The van der Waals surface area contributed by atoms with Gasteiger partial charge in [0.25, 0.3) is 0 Å². The quantitative estimate of drug-likeness (QED) is 0.802. The van der Waals surface area contributed by atoms with Gasteiger partial charge in [-0.3, -0.25) is 0 Å². The molecule has 1 aliphatic rings. The van der Waals surface area contributed by atoms with Gasteiger partial charge in [-0.1, -0.05) is 12.8 Å². The van der Waals surface area contributed by atoms with Crippen LogP contribution in [-0.4, -0.2) is 14.2 Å². The first-order chi connectivity index (χ1) is 7.33. The van der Waals surface area contributed by atoms with Gasteiger partial charge >= 0.3 is 0 Å². The third-order valence-corrected chi connectivity index (χ3v) is 4.11. The maximum atomic E-state index is 5.21. The summed E-state index contributed by atoms with van der Waals surface area (Å²) in [4.78, 5) is 1.40. The normalized spacial score (nSPS) is 17.7. The van der Waals surface area contributed by atoms with Gasteiger partial charge < -0.3 is 10.1 Å². The second-order valence-electron chi connectivity index (χ2n) is 4.25. The first-order valence-electron chi connectivity index (χ1n) is 5.63. The van der Waals surface area contributed by atoms with Gasteiger partial charge in [0.2, 0.25) is 0 Å². The lowest BCUT2D eigenvalue weighted by molar-refractivity contribution is 0.415. The summed E-state index contributed by atoms with van der Waals surface area (Å²) in [6.07, 6.45) is 5.52. The first-order valence-corrected chi connectivity index (χ1v) is 6.51. The zero-order chi connectivity index (χ0) is 10.7. The van der Waals surface area contributed by atoms with Crippen molar-refractivity contribution in [2.24, 2.45) is 5.92 Å². The summed E-state index contributed by atoms with van der Waals surface area (Å²) in [6, 6.07) is 2.66. The highest BCUT2D eigenvalue weighted by Crippen LogP contribution is 2.37. The van der Waals surface area contributed by atoms with E-state index in [9.17, 15) is 0 Å². The zero-order valence-corrected chi connectivity index (χ0v) is 10.3. The summed E-state index contributed by atoms with van der Waals surface area (Å²) in [6.45, 7) is 0. The van der Waals surface area contributed by atoms with Crippen molar-refractivity contribution < 1.29 is 4.74 Å². The molecule has 0 amide bonds. The van der Waals surface area contributed by atoms with Crippen molar-refractivity contribution in [3.8, 4) is 5.75 Å². The molecule has 1 fully saturated rings. The highest BCUT2D eigenvalue weighted by molar-refractivity contribution is 7.10. The number of methoxy groups -OCH3 is 1. The van der Waals surface area contributed by atoms with Crippen LogP contribution in [0.25, 0.3) is 0 Å². The van der Waals surface area contributed by atoms with E-state index in [-0.39, 0.29) is 0 Å². The second-order valence-corrected chi connectivity index (χ2v) is 5.19. The molecule has 3 heteroatoms. The molecule has 0 aromatic carbocycles. The van der Waals surface area contributed by atoms with Crippen LogP contribution in [0.2, 0.25) is 0 Å². The molecule has 1 saturated carbocycles. The van der Waals surface area contributed by atoms with Crippen molar-refractivity contribution in [3.05, 3.63) is 16.3 Å². The second kappa shape index (κ2) is 4.99. The third kappa shape index (κ3) is 2.95. The molecule has 1 aromatic rings. The average Bonchev–Trinajstić information content (AvgIpc) is 2.96. The number of nitrogens with one attached hydrogen (secondary N) is 1. The van der Waals surface area contributed by atoms with Crippen LogP contribution in [0.5, 0.6) is 5.75 Å². The van der Waals surface area contributed by atoms with Crippen LogP contribution in [0.3, 0.4) is 0 Å². The Labute approximate surface area is 95.6 Å². The average molecular weight is 225 g/mol. The largest absolute Gasteiger partial charge is 0.496 e. The van der Waals surface area contributed by atoms with E-state index in [1.54, 1.807) is 18.4 Å². The highest BCUT2D eigenvalue weighted by Gasteiger charge is 2.23. The minimum absolute atomic E-state index is 0.513. The highest BCUT2D eigenvalue weighted by atomic mass is 32.1. The molecule has 1 aromatic heterocycles. The molecule has 1 unspecified atom stereocenters. The van der Waals surface area contributed by atoms with Gasteiger partial charge in [0, 0.05) is 16.3 Å². The van der Waals surface area contributed by atoms with Crippen LogP contribution in [0.4, 0.5) is 0 Å². The Bertz CT molecular complexity index is 306. The molecule has 2 nitrogen and oxygen atoms in total. The topological polar surface area (TPSA) is 21.3 Å². The summed E-state index contributed by atoms with van der Waals surface area (Å²) < 4.78 is 5.21. The molecule has 84 valence electrons. The van der Waals surface area contributed by atoms with Crippen LogP contribution in [0.15, 0.2) is 11.4 Å². The van der Waals surface area contributed by atoms with Crippen molar-refractivity contribution in [1.82, 2.24) is 5.32 Å². The van der Waals surface area contributed by atoms with Gasteiger partial charge in [0.1, 0.15) is 5.75 Å². The molecule has 0 aliphatic heterocycles. The van der Waals surface area contributed by atoms with E-state index in [0.29, 0.717) is 6.04 Å². The van der Waals surface area contributed by atoms with Crippen molar-refractivity contribution in [2.75, 3.05) is 14.2 Å². The molecule has 0 bridgehead atoms. The molecule has 0 spiro atoms. The molecule has 1 aliphatic carbocycles. The lowest BCUT2D eigenvalue weighted by atomic mass is 10.1. The Balaban J connectivity index is 1.91. The predicted molar refractivity (Wildman–Crippen MR) is 64.6 cm³/mol. The fraction of sp³-hybridized carbons (Fsp3) is 0.667. The SMILES string of the molecule is CNC(CCC1CC1)c1cc(OC)cs1. The summed E-state index contributed by atoms with van der Waals surface area (Å²) in [5, 5.41) is 5.47. The lowest BCUT2D eigenvalue weighted by Crippen LogP contribution is -2.15. The fourth-order valence-electron chi connectivity index (χ4n) is 1.86. The van der Waals surface area contributed by atoms with E-state index in [1.807, 2.05) is 7.05 Å². The van der Waals surface area contributed by atoms with E-state index >= 15 is 0 Å². The van der Waals surface area contributed by atoms with Gasteiger partial charge in [-0.05, 0) is 31.9 Å². The summed E-state index contributed by atoms with van der Waals surface area (Å²) in [7, 11) is 3.77. The Morgan fingerprint density at radius 2 is 2.40 bits per heavy atom. The van der Waals surface area contributed by atoms with Crippen LogP contribution in [-0.2, 0) is 0 Å². The van der Waals surface area contributed by atoms with Crippen molar-refractivity contribution in [1.29, 1.82) is 0 Å². The maximum absolute atomic E-state index is 5.21. The number of rotatable bonds is 6. The van der Waals surface area contributed by atoms with E-state index in [4.69, 9.17) is 4.74 Å². The van der Waals surface area contributed by atoms with Crippen molar-refractivity contribution in [2.45, 2.75) is 31.7 Å². The number of thiophene rings is 1. The summed E-state index contributed by atoms with van der Waals surface area (Å²) >= 11 is 1.79. The molecule has 1 heterocycles. The monoisotopic (exact) mass is 225 g/mol. The number of hydrogen-bond acceptors (Lipinski definition) is 3. The van der Waals surface area contributed by atoms with E-state index in [1.165, 1.54) is 30.6 Å². The Kier molecular flexibility index (Phi) is 3.65. The van der Waals surface area contributed by atoms with Crippen molar-refractivity contribution in [3.63, 3.8) is 0 Å². The molecular formula is C12H19NOS. The van der Waals surface area contributed by atoms with E-state index < -0.39 is 0 Å². The Morgan fingerprint density at radius 3 is 2.93 bits per heavy atom. The van der Waals surface area contributed by atoms with Crippen LogP contribution in [0.1, 0.15) is 36.6 Å². The predicted octanol–water partition coefficient (Wildman–Crippen LogP) is 3.21. The van der Waals surface area contributed by atoms with Gasteiger partial charge in [0.05, 0.1) is 7.11 Å². The molecule has 1 atom stereocenters. The first kappa shape index (κ1) is 11.0. The van der Waals surface area contributed by atoms with Gasteiger partial charge in [-0.2, -0.15) is 0 Å². The fourth-order valence-corrected chi connectivity index (χ4v) is 2.86. The Morgan fingerprint density at radius 1 is 1.60 bits per heavy atom. The van der Waals surface area contributed by atoms with Crippen LogP contribution < -0.4 is 10.1 Å². The van der Waals surface area contributed by atoms with Gasteiger partial charge in [0.15, 0.2) is 0 Å². The van der Waals surface area contributed by atoms with E-state index in [2.05, 4.69) is 16.8 Å². The molecule has 0 radical (unpaired) electrons. The molecule has 0 saturated heterocycles. The minimum Gasteiger partial charge on any atom is -0.496 e. The minimum atomic E-state index is 0.513. The van der Waals surface area contributed by atoms with Crippen LogP contribution >= 0.6 is 11.3 Å². The standard InChI is InChI=1S/C12H19NOS/c1-13-11(6-5-9-3-4-9)12-7-10(14-2)8-15-12/h7-9,11,13H,3-6H2,1-2H3. The van der Waals surface area contributed by atoms with Crippen molar-refractivity contribution >= 4 is 11.3 Å². The lowest BCUT2D eigenvalue weighted by Gasteiger charge is -2.13. The molecular weight excluding hydrogens is 206 g/mol. The zero-order valence-electron chi connectivity index (χ0n) is 9.45.